The molecule has 0 aliphatic carbocycles. The minimum atomic E-state index is -1.12. The summed E-state index contributed by atoms with van der Waals surface area (Å²) in [7, 11) is 0. The Kier molecular flexibility index (Phi) is 4.36. The lowest BCUT2D eigenvalue weighted by Crippen LogP contribution is -2.15. The fourth-order valence-corrected chi connectivity index (χ4v) is 3.23. The smallest absolute Gasteiger partial charge is 0.338 e. The van der Waals surface area contributed by atoms with Crippen LogP contribution in [0.4, 0.5) is 0 Å². The Balaban J connectivity index is 1.48. The molecule has 0 fully saturated rings. The molecule has 31 heavy (non-hydrogen) atoms. The van der Waals surface area contributed by atoms with Crippen molar-refractivity contribution < 1.29 is 9.90 Å². The molecule has 5 rings (SSSR count). The quantitative estimate of drug-likeness (QED) is 0.451. The number of aromatic amines is 1. The average Bonchev–Trinajstić information content (AvgIpc) is 3.43. The number of pyridine rings is 1. The number of rotatable bonds is 5. The van der Waals surface area contributed by atoms with Gasteiger partial charge < -0.3 is 9.67 Å². The average molecular weight is 413 g/mol. The Labute approximate surface area is 174 Å². The van der Waals surface area contributed by atoms with E-state index in [-0.39, 0.29) is 17.0 Å². The third kappa shape index (κ3) is 3.46. The van der Waals surface area contributed by atoms with Crippen molar-refractivity contribution in [1.29, 1.82) is 0 Å². The summed E-state index contributed by atoms with van der Waals surface area (Å²) >= 11 is 0. The van der Waals surface area contributed by atoms with Crippen LogP contribution in [0.15, 0.2) is 72.2 Å². The molecule has 152 valence electrons. The number of carbonyl (C=O) groups is 1. The molecule has 4 aromatic heterocycles. The third-order valence-corrected chi connectivity index (χ3v) is 4.78. The van der Waals surface area contributed by atoms with E-state index in [2.05, 4.69) is 25.0 Å². The van der Waals surface area contributed by atoms with Crippen molar-refractivity contribution in [3.05, 3.63) is 88.9 Å². The van der Waals surface area contributed by atoms with E-state index in [0.717, 1.165) is 16.8 Å². The maximum atomic E-state index is 12.4. The minimum absolute atomic E-state index is 0.00995. The highest BCUT2D eigenvalue weighted by Crippen LogP contribution is 2.18. The number of nitrogens with zero attached hydrogens (tertiary/aromatic N) is 6. The van der Waals surface area contributed by atoms with Crippen molar-refractivity contribution in [1.82, 2.24) is 34.3 Å². The molecule has 0 radical (unpaired) electrons. The van der Waals surface area contributed by atoms with Crippen LogP contribution < -0.4 is 5.56 Å². The van der Waals surface area contributed by atoms with Crippen LogP contribution in [-0.2, 0) is 6.54 Å². The molecule has 5 aromatic rings. The number of benzene rings is 1. The Hall–Kier alpha value is -4.60. The Bertz CT molecular complexity index is 1450. The van der Waals surface area contributed by atoms with Gasteiger partial charge in [0.25, 0.3) is 5.56 Å². The summed E-state index contributed by atoms with van der Waals surface area (Å²) in [6.07, 6.45) is 5.77. The highest BCUT2D eigenvalue weighted by atomic mass is 16.4. The number of H-pyrrole nitrogens is 1. The molecule has 10 nitrogen and oxygen atoms in total. The number of hydrogen-bond acceptors (Lipinski definition) is 6. The first-order valence-corrected chi connectivity index (χ1v) is 9.32. The van der Waals surface area contributed by atoms with Crippen LogP contribution in [0.5, 0.6) is 0 Å². The summed E-state index contributed by atoms with van der Waals surface area (Å²) in [6.45, 7) is 0.453. The van der Waals surface area contributed by atoms with Crippen molar-refractivity contribution in [2.75, 3.05) is 0 Å². The molecule has 0 saturated carbocycles. The van der Waals surface area contributed by atoms with Crippen LogP contribution in [-0.4, -0.2) is 45.4 Å². The fourth-order valence-electron chi connectivity index (χ4n) is 3.23. The number of nitrogens with one attached hydrogen (secondary N) is 1. The maximum absolute atomic E-state index is 12.4. The second-order valence-corrected chi connectivity index (χ2v) is 6.82. The van der Waals surface area contributed by atoms with Crippen LogP contribution >= 0.6 is 0 Å². The number of carboxylic acid groups (broad SMARTS) is 1. The van der Waals surface area contributed by atoms with Gasteiger partial charge in [-0.3, -0.25) is 14.8 Å². The number of carboxylic acids is 1. The molecule has 0 aliphatic heterocycles. The van der Waals surface area contributed by atoms with Gasteiger partial charge in [0.05, 0.1) is 30.3 Å². The molecular formula is C21H15N7O3. The van der Waals surface area contributed by atoms with Gasteiger partial charge in [-0.25, -0.2) is 14.5 Å². The first kappa shape index (κ1) is 18.4. The third-order valence-electron chi connectivity index (χ3n) is 4.78. The zero-order chi connectivity index (χ0) is 21.4. The minimum Gasteiger partial charge on any atom is -0.478 e. The van der Waals surface area contributed by atoms with Crippen molar-refractivity contribution in [2.24, 2.45) is 0 Å². The van der Waals surface area contributed by atoms with E-state index in [1.165, 1.54) is 17.1 Å². The number of imidazole rings is 1. The molecule has 0 aliphatic rings. The van der Waals surface area contributed by atoms with E-state index in [1.807, 2.05) is 42.5 Å². The van der Waals surface area contributed by atoms with Gasteiger partial charge in [-0.05, 0) is 17.7 Å². The van der Waals surface area contributed by atoms with E-state index < -0.39 is 11.5 Å². The summed E-state index contributed by atoms with van der Waals surface area (Å²) < 4.78 is 2.97. The highest BCUT2D eigenvalue weighted by Gasteiger charge is 2.14. The van der Waals surface area contributed by atoms with Crippen LogP contribution in [0.3, 0.4) is 0 Å². The predicted molar refractivity (Wildman–Crippen MR) is 111 cm³/mol. The Morgan fingerprint density at radius 2 is 1.94 bits per heavy atom. The molecule has 0 bridgehead atoms. The Morgan fingerprint density at radius 3 is 2.65 bits per heavy atom. The molecule has 0 saturated heterocycles. The van der Waals surface area contributed by atoms with E-state index in [1.54, 1.807) is 17.1 Å². The van der Waals surface area contributed by atoms with E-state index in [9.17, 15) is 9.59 Å². The molecule has 10 heteroatoms. The van der Waals surface area contributed by atoms with E-state index >= 15 is 0 Å². The number of fused-ring (bicyclic) bond motifs is 1. The number of aromatic nitrogens is 7. The fraction of sp³-hybridized carbons (Fsp3) is 0.0476. The lowest BCUT2D eigenvalue weighted by molar-refractivity contribution is 0.0697. The van der Waals surface area contributed by atoms with Gasteiger partial charge in [0, 0.05) is 18.0 Å². The molecule has 0 spiro atoms. The first-order valence-electron chi connectivity index (χ1n) is 9.32. The lowest BCUT2D eigenvalue weighted by Gasteiger charge is -2.07. The van der Waals surface area contributed by atoms with Gasteiger partial charge >= 0.3 is 5.97 Å². The molecule has 0 unspecified atom stereocenters. The zero-order valence-corrected chi connectivity index (χ0v) is 16.0. The predicted octanol–water partition coefficient (Wildman–Crippen LogP) is 2.11. The topological polar surface area (TPSA) is 132 Å². The van der Waals surface area contributed by atoms with Crippen LogP contribution in [0.2, 0.25) is 0 Å². The van der Waals surface area contributed by atoms with Crippen LogP contribution in [0.1, 0.15) is 15.9 Å². The standard InChI is InChI=1S/C21H15N7O3/c29-19-17-18(25-21(26-19)28-11-15(9-24-28)20(30)31)27(12-23-17)10-13-4-6-14(7-5-13)16-3-1-2-8-22-16/h1-9,11-12H,10H2,(H,30,31)(H,25,26,29). The molecule has 2 N–H and O–H groups in total. The molecule has 4 heterocycles. The monoisotopic (exact) mass is 413 g/mol. The van der Waals surface area contributed by atoms with E-state index in [4.69, 9.17) is 5.11 Å². The van der Waals surface area contributed by atoms with E-state index in [0.29, 0.717) is 12.2 Å². The SMILES string of the molecule is O=C(O)c1cnn(-c2nc3c(ncn3Cc3ccc(-c4ccccn4)cc3)c(=O)[nH]2)c1. The van der Waals surface area contributed by atoms with Gasteiger partial charge in [0.2, 0.25) is 5.95 Å². The normalized spacial score (nSPS) is 11.1. The van der Waals surface area contributed by atoms with Gasteiger partial charge in [0.1, 0.15) is 0 Å². The molecular weight excluding hydrogens is 398 g/mol. The van der Waals surface area contributed by atoms with Gasteiger partial charge in [0.15, 0.2) is 11.2 Å². The van der Waals surface area contributed by atoms with Gasteiger partial charge in [-0.1, -0.05) is 30.3 Å². The summed E-state index contributed by atoms with van der Waals surface area (Å²) in [5.41, 5.74) is 3.01. The Morgan fingerprint density at radius 1 is 1.10 bits per heavy atom. The molecule has 1 aromatic carbocycles. The number of hydrogen-bond donors (Lipinski definition) is 2. The molecule has 0 atom stereocenters. The zero-order valence-electron chi connectivity index (χ0n) is 16.0. The number of aromatic carboxylic acids is 1. The summed E-state index contributed by atoms with van der Waals surface area (Å²) in [4.78, 5) is 39.1. The van der Waals surface area contributed by atoms with Gasteiger partial charge in [-0.2, -0.15) is 10.1 Å². The maximum Gasteiger partial charge on any atom is 0.338 e. The summed E-state index contributed by atoms with van der Waals surface area (Å²) in [5, 5.41) is 13.0. The second-order valence-electron chi connectivity index (χ2n) is 6.82. The van der Waals surface area contributed by atoms with Crippen molar-refractivity contribution in [3.8, 4) is 17.2 Å². The van der Waals surface area contributed by atoms with Crippen LogP contribution in [0.25, 0.3) is 28.4 Å². The lowest BCUT2D eigenvalue weighted by atomic mass is 10.1. The van der Waals surface area contributed by atoms with Crippen molar-refractivity contribution >= 4 is 17.1 Å². The van der Waals surface area contributed by atoms with Crippen molar-refractivity contribution in [3.63, 3.8) is 0 Å². The summed E-state index contributed by atoms with van der Waals surface area (Å²) in [6, 6.07) is 13.7. The highest BCUT2D eigenvalue weighted by molar-refractivity contribution is 5.87. The molecule has 0 amide bonds. The van der Waals surface area contributed by atoms with Crippen LogP contribution in [0, 0.1) is 0 Å². The van der Waals surface area contributed by atoms with Crippen molar-refractivity contribution in [2.45, 2.75) is 6.54 Å². The second kappa shape index (κ2) is 7.34. The first-order chi connectivity index (χ1) is 15.1. The summed E-state index contributed by atoms with van der Waals surface area (Å²) in [5.74, 6) is -1.01. The van der Waals surface area contributed by atoms with Gasteiger partial charge in [-0.15, -0.1) is 0 Å². The largest absolute Gasteiger partial charge is 0.478 e.